The van der Waals surface area contributed by atoms with Crippen molar-refractivity contribution in [1.29, 1.82) is 5.41 Å². The largest absolute Gasteiger partial charge is 0.379 e. The summed E-state index contributed by atoms with van der Waals surface area (Å²) in [6.07, 6.45) is 0.679. The van der Waals surface area contributed by atoms with Crippen LogP contribution in [0.4, 0.5) is 0 Å². The van der Waals surface area contributed by atoms with Crippen molar-refractivity contribution >= 4 is 23.6 Å². The zero-order chi connectivity index (χ0) is 13.0. The molecule has 1 aliphatic heterocycles. The maximum atomic E-state index is 11.7. The number of nitrogens with one attached hydrogen (secondary N) is 2. The van der Waals surface area contributed by atoms with Crippen molar-refractivity contribution in [3.8, 4) is 0 Å². The molecule has 0 bridgehead atoms. The number of amides is 2. The number of hydrogen-bond acceptors (Lipinski definition) is 3. The van der Waals surface area contributed by atoms with Crippen LogP contribution in [-0.4, -0.2) is 47.6 Å². The van der Waals surface area contributed by atoms with Crippen LogP contribution in [-0.2, 0) is 9.59 Å². The Morgan fingerprint density at radius 3 is 2.65 bits per heavy atom. The molecule has 8 nitrogen and oxygen atoms in total. The highest BCUT2D eigenvalue weighted by atomic mass is 16.2. The maximum absolute atomic E-state index is 11.7. The van der Waals surface area contributed by atoms with Crippen LogP contribution in [0.3, 0.4) is 0 Å². The molecule has 6 N–H and O–H groups in total. The maximum Gasteiger partial charge on any atom is 0.289 e. The average molecular weight is 240 g/mol. The molecule has 0 saturated carbocycles. The van der Waals surface area contributed by atoms with Crippen LogP contribution in [0, 0.1) is 5.41 Å². The molecule has 17 heavy (non-hydrogen) atoms. The molecule has 2 amide bonds. The minimum atomic E-state index is -0.506. The van der Waals surface area contributed by atoms with E-state index in [0.717, 1.165) is 0 Å². The van der Waals surface area contributed by atoms with Crippen molar-refractivity contribution in [3.63, 3.8) is 0 Å². The van der Waals surface area contributed by atoms with Gasteiger partial charge in [0.1, 0.15) is 0 Å². The molecule has 0 aromatic rings. The van der Waals surface area contributed by atoms with Gasteiger partial charge in [-0.2, -0.15) is 4.99 Å². The summed E-state index contributed by atoms with van der Waals surface area (Å²) in [5.41, 5.74) is 10.4. The summed E-state index contributed by atoms with van der Waals surface area (Å²) < 4.78 is 0. The first-order valence-electron chi connectivity index (χ1n) is 5.14. The van der Waals surface area contributed by atoms with Gasteiger partial charge in [-0.25, -0.2) is 0 Å². The van der Waals surface area contributed by atoms with Crippen molar-refractivity contribution < 1.29 is 9.59 Å². The van der Waals surface area contributed by atoms with Crippen molar-refractivity contribution in [2.75, 3.05) is 13.1 Å². The van der Waals surface area contributed by atoms with Gasteiger partial charge < -0.3 is 21.7 Å². The summed E-state index contributed by atoms with van der Waals surface area (Å²) in [5, 5.41) is 9.63. The third-order valence-corrected chi connectivity index (χ3v) is 2.34. The highest BCUT2D eigenvalue weighted by Crippen LogP contribution is 2.09. The minimum absolute atomic E-state index is 0.0541. The van der Waals surface area contributed by atoms with E-state index in [2.05, 4.69) is 10.3 Å². The van der Waals surface area contributed by atoms with Gasteiger partial charge in [0, 0.05) is 26.1 Å². The third-order valence-electron chi connectivity index (χ3n) is 2.34. The Morgan fingerprint density at radius 2 is 2.12 bits per heavy atom. The van der Waals surface area contributed by atoms with Crippen molar-refractivity contribution in [2.45, 2.75) is 19.4 Å². The second kappa shape index (κ2) is 5.28. The first-order chi connectivity index (χ1) is 7.90. The third kappa shape index (κ3) is 3.74. The van der Waals surface area contributed by atoms with E-state index in [1.165, 1.54) is 11.8 Å². The standard InChI is InChI=1S/C9H16N6O2/c1-5(16)13-6-2-3-15(4-6)8(17)7(10)14-9(11)12/h6H,2-4H2,1H3,(H,13,16)(H5,10,11,12,14). The Hall–Kier alpha value is -2.12. The van der Waals surface area contributed by atoms with Gasteiger partial charge in [-0.3, -0.25) is 15.0 Å². The Morgan fingerprint density at radius 1 is 1.47 bits per heavy atom. The zero-order valence-electron chi connectivity index (χ0n) is 9.56. The van der Waals surface area contributed by atoms with Gasteiger partial charge in [0.25, 0.3) is 5.91 Å². The average Bonchev–Trinajstić information content (AvgIpc) is 2.62. The second-order valence-corrected chi connectivity index (χ2v) is 3.82. The van der Waals surface area contributed by atoms with Gasteiger partial charge in [0.05, 0.1) is 0 Å². The van der Waals surface area contributed by atoms with E-state index in [4.69, 9.17) is 16.9 Å². The molecule has 1 unspecified atom stereocenters. The predicted octanol–water partition coefficient (Wildman–Crippen LogP) is -2.03. The first kappa shape index (κ1) is 12.9. The fourth-order valence-corrected chi connectivity index (χ4v) is 1.69. The Balaban J connectivity index is 2.56. The number of guanidine groups is 1. The summed E-state index contributed by atoms with van der Waals surface area (Å²) in [6.45, 7) is 2.32. The van der Waals surface area contributed by atoms with Gasteiger partial charge in [-0.1, -0.05) is 0 Å². The molecule has 1 heterocycles. The second-order valence-electron chi connectivity index (χ2n) is 3.82. The molecular formula is C9H16N6O2. The number of carbonyl (C=O) groups is 2. The molecule has 94 valence electrons. The van der Waals surface area contributed by atoms with E-state index < -0.39 is 11.9 Å². The molecule has 1 rings (SSSR count). The number of aliphatic imine (C=N–C) groups is 1. The molecular weight excluding hydrogens is 224 g/mol. The normalized spacial score (nSPS) is 20.2. The summed E-state index contributed by atoms with van der Waals surface area (Å²) in [5.74, 6) is -1.41. The van der Waals surface area contributed by atoms with Crippen molar-refractivity contribution in [2.24, 2.45) is 16.5 Å². The quantitative estimate of drug-likeness (QED) is 0.310. The fraction of sp³-hybridized carbons (Fsp3) is 0.556. The van der Waals surface area contributed by atoms with E-state index in [-0.39, 0.29) is 17.8 Å². The van der Waals surface area contributed by atoms with E-state index in [1.807, 2.05) is 0 Å². The molecule has 1 atom stereocenters. The van der Waals surface area contributed by atoms with Gasteiger partial charge in [-0.15, -0.1) is 0 Å². The Labute approximate surface area is 98.5 Å². The monoisotopic (exact) mass is 240 g/mol. The zero-order valence-corrected chi connectivity index (χ0v) is 9.56. The lowest BCUT2D eigenvalue weighted by molar-refractivity contribution is -0.124. The van der Waals surface area contributed by atoms with Crippen LogP contribution in [0.1, 0.15) is 13.3 Å². The molecule has 8 heteroatoms. The van der Waals surface area contributed by atoms with Crippen LogP contribution in [0.25, 0.3) is 0 Å². The number of nitrogens with two attached hydrogens (primary N) is 2. The summed E-state index contributed by atoms with van der Waals surface area (Å²) in [4.78, 5) is 27.4. The molecule has 1 fully saturated rings. The highest BCUT2D eigenvalue weighted by molar-refractivity contribution is 6.38. The smallest absolute Gasteiger partial charge is 0.289 e. The first-order valence-corrected chi connectivity index (χ1v) is 5.14. The Bertz CT molecular complexity index is 378. The van der Waals surface area contributed by atoms with E-state index >= 15 is 0 Å². The lowest BCUT2D eigenvalue weighted by atomic mass is 10.3. The van der Waals surface area contributed by atoms with Gasteiger partial charge in [-0.05, 0) is 6.42 Å². The summed E-state index contributed by atoms with van der Waals surface area (Å²) in [6, 6.07) is -0.0541. The lowest BCUT2D eigenvalue weighted by Gasteiger charge is -2.16. The Kier molecular flexibility index (Phi) is 4.02. The SMILES string of the molecule is CC(=O)NC1CCN(C(=O)C(N)=NC(=N)N)C1. The lowest BCUT2D eigenvalue weighted by Crippen LogP contribution is -2.42. The van der Waals surface area contributed by atoms with Crippen LogP contribution in [0.5, 0.6) is 0 Å². The molecule has 0 spiro atoms. The molecule has 1 aliphatic rings. The van der Waals surface area contributed by atoms with E-state index in [9.17, 15) is 9.59 Å². The number of carbonyl (C=O) groups excluding carboxylic acids is 2. The number of likely N-dealkylation sites (tertiary alicyclic amines) is 1. The molecule has 0 aromatic carbocycles. The number of nitrogens with zero attached hydrogens (tertiary/aromatic N) is 2. The van der Waals surface area contributed by atoms with Gasteiger partial charge in [0.15, 0.2) is 5.84 Å². The molecule has 1 saturated heterocycles. The fourth-order valence-electron chi connectivity index (χ4n) is 1.69. The van der Waals surface area contributed by atoms with Crippen LogP contribution >= 0.6 is 0 Å². The van der Waals surface area contributed by atoms with Crippen LogP contribution in [0.2, 0.25) is 0 Å². The van der Waals surface area contributed by atoms with Crippen LogP contribution < -0.4 is 16.8 Å². The number of rotatable bonds is 1. The molecule has 0 radical (unpaired) electrons. The molecule has 0 aliphatic carbocycles. The van der Waals surface area contributed by atoms with E-state index in [0.29, 0.717) is 19.5 Å². The van der Waals surface area contributed by atoms with Gasteiger partial charge >= 0.3 is 0 Å². The summed E-state index contributed by atoms with van der Waals surface area (Å²) >= 11 is 0. The minimum Gasteiger partial charge on any atom is -0.379 e. The number of hydrogen-bond donors (Lipinski definition) is 4. The topological polar surface area (TPSA) is 138 Å². The van der Waals surface area contributed by atoms with Crippen LogP contribution in [0.15, 0.2) is 4.99 Å². The summed E-state index contributed by atoms with van der Waals surface area (Å²) in [7, 11) is 0. The molecule has 0 aromatic heterocycles. The predicted molar refractivity (Wildman–Crippen MR) is 62.3 cm³/mol. The highest BCUT2D eigenvalue weighted by Gasteiger charge is 2.28. The number of amidine groups is 1. The van der Waals surface area contributed by atoms with Gasteiger partial charge in [0.2, 0.25) is 11.9 Å². The van der Waals surface area contributed by atoms with E-state index in [1.54, 1.807) is 0 Å². The van der Waals surface area contributed by atoms with Crippen molar-refractivity contribution in [1.82, 2.24) is 10.2 Å². The van der Waals surface area contributed by atoms with Crippen molar-refractivity contribution in [3.05, 3.63) is 0 Å².